The smallest absolute Gasteiger partial charge is 0.334 e. The first kappa shape index (κ1) is 15.8. The van der Waals surface area contributed by atoms with Crippen LogP contribution in [-0.4, -0.2) is 42.5 Å². The second-order valence-corrected chi connectivity index (χ2v) is 5.09. The predicted molar refractivity (Wildman–Crippen MR) is 73.6 cm³/mol. The van der Waals surface area contributed by atoms with Gasteiger partial charge in [-0.1, -0.05) is 11.6 Å². The number of benzene rings is 1. The first-order valence-corrected chi connectivity index (χ1v) is 6.80. The SMILES string of the molecule is COC(CNC(=O)CSc1ccc(Cl)cc1)C(=O)O. The minimum Gasteiger partial charge on any atom is -0.479 e. The molecule has 1 amide bonds. The van der Waals surface area contributed by atoms with E-state index in [2.05, 4.69) is 5.32 Å². The molecular weight excluding hydrogens is 290 g/mol. The van der Waals surface area contributed by atoms with Gasteiger partial charge in [0.15, 0.2) is 6.10 Å². The van der Waals surface area contributed by atoms with Crippen molar-refractivity contribution in [3.8, 4) is 0 Å². The maximum Gasteiger partial charge on any atom is 0.334 e. The molecule has 0 aliphatic rings. The number of carboxylic acids is 1. The molecule has 0 saturated heterocycles. The Labute approximate surface area is 120 Å². The highest BCUT2D eigenvalue weighted by Crippen LogP contribution is 2.19. The first-order chi connectivity index (χ1) is 9.02. The highest BCUT2D eigenvalue weighted by atomic mass is 35.5. The molecule has 0 aliphatic heterocycles. The molecule has 1 rings (SSSR count). The van der Waals surface area contributed by atoms with Crippen molar-refractivity contribution >= 4 is 35.2 Å². The zero-order valence-electron chi connectivity index (χ0n) is 10.3. The highest BCUT2D eigenvalue weighted by molar-refractivity contribution is 8.00. The summed E-state index contributed by atoms with van der Waals surface area (Å²) in [7, 11) is 1.29. The van der Waals surface area contributed by atoms with E-state index in [1.807, 2.05) is 12.1 Å². The van der Waals surface area contributed by atoms with Crippen LogP contribution in [0.2, 0.25) is 5.02 Å². The van der Waals surface area contributed by atoms with Gasteiger partial charge in [0, 0.05) is 17.0 Å². The molecule has 0 spiro atoms. The summed E-state index contributed by atoms with van der Waals surface area (Å²) in [6.45, 7) is -0.0498. The maximum absolute atomic E-state index is 11.5. The van der Waals surface area contributed by atoms with Gasteiger partial charge < -0.3 is 15.2 Å². The van der Waals surface area contributed by atoms with E-state index in [1.165, 1.54) is 18.9 Å². The lowest BCUT2D eigenvalue weighted by atomic mass is 10.3. The van der Waals surface area contributed by atoms with Crippen molar-refractivity contribution in [3.63, 3.8) is 0 Å². The van der Waals surface area contributed by atoms with Gasteiger partial charge in [-0.2, -0.15) is 0 Å². The van der Waals surface area contributed by atoms with Gasteiger partial charge in [0.05, 0.1) is 12.3 Å². The van der Waals surface area contributed by atoms with Crippen LogP contribution < -0.4 is 5.32 Å². The van der Waals surface area contributed by atoms with Crippen molar-refractivity contribution in [2.45, 2.75) is 11.0 Å². The summed E-state index contributed by atoms with van der Waals surface area (Å²) >= 11 is 7.09. The fourth-order valence-electron chi connectivity index (χ4n) is 1.21. The van der Waals surface area contributed by atoms with E-state index in [0.717, 1.165) is 4.90 Å². The van der Waals surface area contributed by atoms with Gasteiger partial charge >= 0.3 is 5.97 Å². The highest BCUT2D eigenvalue weighted by Gasteiger charge is 2.16. The predicted octanol–water partition coefficient (Wildman–Crippen LogP) is 1.65. The van der Waals surface area contributed by atoms with Gasteiger partial charge in [-0.15, -0.1) is 11.8 Å². The van der Waals surface area contributed by atoms with E-state index in [9.17, 15) is 9.59 Å². The fourth-order valence-corrected chi connectivity index (χ4v) is 2.06. The van der Waals surface area contributed by atoms with Crippen LogP contribution in [0.4, 0.5) is 0 Å². The Balaban J connectivity index is 2.31. The van der Waals surface area contributed by atoms with Crippen LogP contribution in [0.1, 0.15) is 0 Å². The topological polar surface area (TPSA) is 75.6 Å². The van der Waals surface area contributed by atoms with Gasteiger partial charge in [-0.25, -0.2) is 4.79 Å². The second kappa shape index (κ2) is 8.04. The first-order valence-electron chi connectivity index (χ1n) is 5.43. The summed E-state index contributed by atoms with van der Waals surface area (Å²) in [4.78, 5) is 23.1. The minimum atomic E-state index is -1.10. The number of halogens is 1. The Morgan fingerprint density at radius 2 is 2.05 bits per heavy atom. The lowest BCUT2D eigenvalue weighted by molar-refractivity contribution is -0.148. The van der Waals surface area contributed by atoms with E-state index in [-0.39, 0.29) is 18.2 Å². The van der Waals surface area contributed by atoms with Gasteiger partial charge in [-0.3, -0.25) is 4.79 Å². The number of thioether (sulfide) groups is 1. The lowest BCUT2D eigenvalue weighted by Gasteiger charge is -2.11. The van der Waals surface area contributed by atoms with Crippen LogP contribution in [-0.2, 0) is 14.3 Å². The molecule has 0 radical (unpaired) electrons. The summed E-state index contributed by atoms with van der Waals surface area (Å²) in [6.07, 6.45) is -1.02. The second-order valence-electron chi connectivity index (χ2n) is 3.61. The Bertz CT molecular complexity index is 438. The van der Waals surface area contributed by atoms with E-state index in [4.69, 9.17) is 21.4 Å². The number of carboxylic acid groups (broad SMARTS) is 1. The monoisotopic (exact) mass is 303 g/mol. The normalized spacial score (nSPS) is 11.9. The van der Waals surface area contributed by atoms with Crippen LogP contribution in [0, 0.1) is 0 Å². The molecule has 1 aromatic rings. The zero-order valence-corrected chi connectivity index (χ0v) is 11.8. The summed E-state index contributed by atoms with van der Waals surface area (Å²) in [6, 6.07) is 7.12. The van der Waals surface area contributed by atoms with E-state index in [0.29, 0.717) is 5.02 Å². The van der Waals surface area contributed by atoms with E-state index < -0.39 is 12.1 Å². The standard InChI is InChI=1S/C12H14ClNO4S/c1-18-10(12(16)17)6-14-11(15)7-19-9-4-2-8(13)3-5-9/h2-5,10H,6-7H2,1H3,(H,14,15)(H,16,17). The lowest BCUT2D eigenvalue weighted by Crippen LogP contribution is -2.38. The third-order valence-corrected chi connectivity index (χ3v) is 3.49. The Kier molecular flexibility index (Phi) is 6.69. The summed E-state index contributed by atoms with van der Waals surface area (Å²) in [5.74, 6) is -1.14. The number of methoxy groups -OCH3 is 1. The van der Waals surface area contributed by atoms with Crippen LogP contribution in [0.15, 0.2) is 29.2 Å². The molecule has 1 aromatic carbocycles. The molecular formula is C12H14ClNO4S. The molecule has 2 N–H and O–H groups in total. The number of amides is 1. The molecule has 1 atom stereocenters. The van der Waals surface area contributed by atoms with Crippen molar-refractivity contribution in [2.24, 2.45) is 0 Å². The third-order valence-electron chi connectivity index (χ3n) is 2.23. The van der Waals surface area contributed by atoms with Gasteiger partial charge in [0.2, 0.25) is 5.91 Å². The molecule has 104 valence electrons. The van der Waals surface area contributed by atoms with Crippen molar-refractivity contribution in [1.82, 2.24) is 5.32 Å². The molecule has 7 heteroatoms. The number of carbonyl (C=O) groups is 2. The third kappa shape index (κ3) is 5.96. The van der Waals surface area contributed by atoms with Crippen LogP contribution in [0.25, 0.3) is 0 Å². The molecule has 0 aliphatic carbocycles. The zero-order chi connectivity index (χ0) is 14.3. The van der Waals surface area contributed by atoms with Crippen LogP contribution >= 0.6 is 23.4 Å². The van der Waals surface area contributed by atoms with Crippen LogP contribution in [0.3, 0.4) is 0 Å². The Morgan fingerprint density at radius 1 is 1.42 bits per heavy atom. The molecule has 19 heavy (non-hydrogen) atoms. The van der Waals surface area contributed by atoms with Gasteiger partial charge in [0.1, 0.15) is 0 Å². The van der Waals surface area contributed by atoms with Gasteiger partial charge in [0.25, 0.3) is 0 Å². The summed E-state index contributed by atoms with van der Waals surface area (Å²) in [5, 5.41) is 11.9. The molecule has 0 bridgehead atoms. The van der Waals surface area contributed by atoms with E-state index in [1.54, 1.807) is 12.1 Å². The molecule has 1 unspecified atom stereocenters. The Hall–Kier alpha value is -1.24. The number of hydrogen-bond acceptors (Lipinski definition) is 4. The largest absolute Gasteiger partial charge is 0.479 e. The van der Waals surface area contributed by atoms with Crippen molar-refractivity contribution in [3.05, 3.63) is 29.3 Å². The molecule has 0 fully saturated rings. The number of ether oxygens (including phenoxy) is 1. The molecule has 0 heterocycles. The average molecular weight is 304 g/mol. The molecule has 0 aromatic heterocycles. The number of aliphatic carboxylic acids is 1. The van der Waals surface area contributed by atoms with Crippen molar-refractivity contribution < 1.29 is 19.4 Å². The molecule has 5 nitrogen and oxygen atoms in total. The van der Waals surface area contributed by atoms with Crippen molar-refractivity contribution in [2.75, 3.05) is 19.4 Å². The fraction of sp³-hybridized carbons (Fsp3) is 0.333. The summed E-state index contributed by atoms with van der Waals surface area (Å²) < 4.78 is 4.70. The van der Waals surface area contributed by atoms with Gasteiger partial charge in [-0.05, 0) is 24.3 Å². The quantitative estimate of drug-likeness (QED) is 0.749. The maximum atomic E-state index is 11.5. The number of rotatable bonds is 7. The average Bonchev–Trinajstić information content (AvgIpc) is 2.38. The van der Waals surface area contributed by atoms with Crippen molar-refractivity contribution in [1.29, 1.82) is 0 Å². The van der Waals surface area contributed by atoms with E-state index >= 15 is 0 Å². The number of carbonyl (C=O) groups excluding carboxylic acids is 1. The number of nitrogens with one attached hydrogen (secondary N) is 1. The Morgan fingerprint density at radius 3 is 2.58 bits per heavy atom. The number of hydrogen-bond donors (Lipinski definition) is 2. The minimum absolute atomic E-state index is 0.0498. The summed E-state index contributed by atoms with van der Waals surface area (Å²) in [5.41, 5.74) is 0. The molecule has 0 saturated carbocycles. The van der Waals surface area contributed by atoms with Crippen LogP contribution in [0.5, 0.6) is 0 Å².